The van der Waals surface area contributed by atoms with E-state index in [1.807, 2.05) is 0 Å². The van der Waals surface area contributed by atoms with Gasteiger partial charge < -0.3 is 10.0 Å². The fraction of sp³-hybridized carbons (Fsp3) is 0.500. The molecule has 0 amide bonds. The fourth-order valence-electron chi connectivity index (χ4n) is 1.98. The molecule has 0 fully saturated rings. The van der Waals surface area contributed by atoms with Gasteiger partial charge in [-0.25, -0.2) is 13.4 Å². The van der Waals surface area contributed by atoms with Gasteiger partial charge in [-0.1, -0.05) is 6.08 Å². The maximum atomic E-state index is 13.0. The average Bonchev–Trinajstić information content (AvgIpc) is 2.51. The van der Waals surface area contributed by atoms with Crippen molar-refractivity contribution in [3.8, 4) is 0 Å². The highest BCUT2D eigenvalue weighted by atomic mass is 32.2. The van der Waals surface area contributed by atoms with Gasteiger partial charge in [0.2, 0.25) is 0 Å². The second kappa shape index (κ2) is 4.07. The fourth-order valence-corrected chi connectivity index (χ4v) is 2.95. The summed E-state index contributed by atoms with van der Waals surface area (Å²) in [5, 5.41) is 9.80. The Bertz CT molecular complexity index is 579. The topological polar surface area (TPSA) is 70.0 Å². The number of amidine groups is 1. The molecule has 2 heterocycles. The van der Waals surface area contributed by atoms with E-state index in [0.29, 0.717) is 0 Å². The number of nitrogens with zero attached hydrogens (tertiary/aromatic N) is 2. The van der Waals surface area contributed by atoms with Crippen LogP contribution in [0.5, 0.6) is 0 Å². The third kappa shape index (κ3) is 2.39. The molecule has 0 aliphatic carbocycles. The third-order valence-electron chi connectivity index (χ3n) is 2.83. The van der Waals surface area contributed by atoms with Crippen molar-refractivity contribution in [3.05, 3.63) is 24.4 Å². The van der Waals surface area contributed by atoms with E-state index < -0.39 is 33.5 Å². The molecule has 0 spiro atoms. The maximum Gasteiger partial charge on any atom is 0.440 e. The van der Waals surface area contributed by atoms with E-state index in [0.717, 1.165) is 11.2 Å². The van der Waals surface area contributed by atoms with E-state index in [2.05, 4.69) is 4.99 Å². The molecule has 0 aromatic heterocycles. The lowest BCUT2D eigenvalue weighted by Gasteiger charge is -2.33. The quantitative estimate of drug-likeness (QED) is 0.803. The zero-order valence-corrected chi connectivity index (χ0v) is 10.6. The highest BCUT2D eigenvalue weighted by Gasteiger charge is 2.64. The molecular formula is C10H11F3N2O3S. The Balaban J connectivity index is 2.49. The van der Waals surface area contributed by atoms with Crippen molar-refractivity contribution in [2.24, 2.45) is 4.99 Å². The van der Waals surface area contributed by atoms with Gasteiger partial charge in [0.1, 0.15) is 21.7 Å². The van der Waals surface area contributed by atoms with Crippen LogP contribution in [0, 0.1) is 0 Å². The Hall–Kier alpha value is -1.35. The van der Waals surface area contributed by atoms with Crippen molar-refractivity contribution in [3.63, 3.8) is 0 Å². The molecule has 1 N–H and O–H groups in total. The Morgan fingerprint density at radius 1 is 1.47 bits per heavy atom. The molecule has 0 aromatic carbocycles. The largest absolute Gasteiger partial charge is 0.440 e. The van der Waals surface area contributed by atoms with Crippen LogP contribution < -0.4 is 0 Å². The van der Waals surface area contributed by atoms with Crippen LogP contribution in [-0.4, -0.2) is 54.2 Å². The zero-order valence-electron chi connectivity index (χ0n) is 9.79. The van der Waals surface area contributed by atoms with Crippen LogP contribution in [0.2, 0.25) is 0 Å². The lowest BCUT2D eigenvalue weighted by molar-refractivity contribution is -0.264. The number of allylic oxidation sites excluding steroid dienone is 2. The minimum atomic E-state index is -5.06. The van der Waals surface area contributed by atoms with E-state index in [1.54, 1.807) is 0 Å². The molecule has 0 aromatic rings. The number of aliphatic imine (C=N–C) groups is 1. The molecule has 0 unspecified atom stereocenters. The summed E-state index contributed by atoms with van der Waals surface area (Å²) in [7, 11) is -3.72. The van der Waals surface area contributed by atoms with Crippen molar-refractivity contribution in [1.29, 1.82) is 0 Å². The smallest absolute Gasteiger partial charge is 0.360 e. The van der Waals surface area contributed by atoms with Crippen LogP contribution in [0.1, 0.15) is 0 Å². The highest BCUT2D eigenvalue weighted by Crippen LogP contribution is 2.41. The molecule has 2 aliphatic rings. The summed E-state index contributed by atoms with van der Waals surface area (Å²) in [6.07, 6.45) is 1.18. The molecule has 2 rings (SSSR count). The summed E-state index contributed by atoms with van der Waals surface area (Å²) < 4.78 is 61.5. The zero-order chi connectivity index (χ0) is 14.5. The Morgan fingerprint density at radius 3 is 2.63 bits per heavy atom. The van der Waals surface area contributed by atoms with Gasteiger partial charge in [-0.15, -0.1) is 0 Å². The van der Waals surface area contributed by atoms with Crippen molar-refractivity contribution in [1.82, 2.24) is 4.90 Å². The lowest BCUT2D eigenvalue weighted by atomic mass is 10.1. The summed E-state index contributed by atoms with van der Waals surface area (Å²) in [5.41, 5.74) is -3.43. The monoisotopic (exact) mass is 296 g/mol. The van der Waals surface area contributed by atoms with Crippen LogP contribution in [0.3, 0.4) is 0 Å². The predicted molar refractivity (Wildman–Crippen MR) is 62.1 cm³/mol. The molecule has 0 saturated carbocycles. The number of fused-ring (bicyclic) bond motifs is 1. The van der Waals surface area contributed by atoms with Crippen molar-refractivity contribution in [2.75, 3.05) is 12.0 Å². The van der Waals surface area contributed by atoms with Crippen LogP contribution in [-0.2, 0) is 9.84 Å². The number of halogens is 3. The molecule has 0 radical (unpaired) electrons. The van der Waals surface area contributed by atoms with E-state index in [4.69, 9.17) is 0 Å². The number of sulfone groups is 1. The first-order chi connectivity index (χ1) is 8.55. The molecule has 2 aliphatic heterocycles. The van der Waals surface area contributed by atoms with Crippen molar-refractivity contribution >= 4 is 15.7 Å². The van der Waals surface area contributed by atoms with E-state index in [9.17, 15) is 26.7 Å². The summed E-state index contributed by atoms with van der Waals surface area (Å²) in [5.74, 6) is -0.968. The normalized spacial score (nSPS) is 30.5. The first-order valence-electron chi connectivity index (χ1n) is 5.24. The number of aliphatic hydroxyl groups is 1. The van der Waals surface area contributed by atoms with Gasteiger partial charge >= 0.3 is 6.18 Å². The molecule has 9 heteroatoms. The van der Waals surface area contributed by atoms with Crippen molar-refractivity contribution in [2.45, 2.75) is 17.9 Å². The van der Waals surface area contributed by atoms with Crippen LogP contribution in [0.4, 0.5) is 13.2 Å². The van der Waals surface area contributed by atoms with Gasteiger partial charge in [-0.05, 0) is 12.2 Å². The first kappa shape index (κ1) is 14.1. The van der Waals surface area contributed by atoms with E-state index >= 15 is 0 Å². The van der Waals surface area contributed by atoms with Crippen LogP contribution in [0.25, 0.3) is 0 Å². The summed E-state index contributed by atoms with van der Waals surface area (Å²) in [6.45, 7) is 0. The third-order valence-corrected chi connectivity index (χ3v) is 3.75. The molecule has 0 bridgehead atoms. The Labute approximate surface area is 107 Å². The van der Waals surface area contributed by atoms with E-state index in [-0.39, 0.29) is 5.84 Å². The van der Waals surface area contributed by atoms with Crippen molar-refractivity contribution < 1.29 is 26.7 Å². The van der Waals surface area contributed by atoms with E-state index in [1.165, 1.54) is 24.4 Å². The average molecular weight is 296 g/mol. The van der Waals surface area contributed by atoms with Gasteiger partial charge in [-0.2, -0.15) is 13.2 Å². The number of hydrogen-bond donors (Lipinski definition) is 1. The Kier molecular flexibility index (Phi) is 3.01. The second-order valence-corrected chi connectivity index (χ2v) is 6.59. The van der Waals surface area contributed by atoms with Gasteiger partial charge in [0.25, 0.3) is 5.72 Å². The highest BCUT2D eigenvalue weighted by molar-refractivity contribution is 7.90. The standard InChI is InChI=1S/C10H11F3N2O3S/c1-19(17,18)6-7-9(16,10(11,12)13)14-8-4-2-3-5-15(7)8/h2-5,7,16H,6H2,1H3/t7-,9+/m0/s1. The van der Waals surface area contributed by atoms with Gasteiger partial charge in [0, 0.05) is 12.5 Å². The minimum Gasteiger partial charge on any atom is -0.360 e. The first-order valence-corrected chi connectivity index (χ1v) is 7.30. The lowest BCUT2D eigenvalue weighted by Crippen LogP contribution is -2.57. The molecule has 5 nitrogen and oxygen atoms in total. The SMILES string of the molecule is CS(=O)(=O)C[C@@H]1N2C=CC=CC2=N[C@]1(O)C(F)(F)F. The van der Waals surface area contributed by atoms with Crippen LogP contribution in [0.15, 0.2) is 29.4 Å². The molecule has 2 atom stereocenters. The second-order valence-electron chi connectivity index (χ2n) is 4.41. The minimum absolute atomic E-state index is 0.115. The molecule has 0 saturated heterocycles. The molecule has 106 valence electrons. The summed E-state index contributed by atoms with van der Waals surface area (Å²) >= 11 is 0. The molecule has 19 heavy (non-hydrogen) atoms. The predicted octanol–water partition coefficient (Wildman–Crippen LogP) is 0.448. The number of rotatable bonds is 2. The Morgan fingerprint density at radius 2 is 2.11 bits per heavy atom. The van der Waals surface area contributed by atoms with Gasteiger partial charge in [0.15, 0.2) is 0 Å². The van der Waals surface area contributed by atoms with Crippen LogP contribution >= 0.6 is 0 Å². The number of alkyl halides is 3. The molecular weight excluding hydrogens is 285 g/mol. The van der Waals surface area contributed by atoms with Gasteiger partial charge in [0.05, 0.1) is 5.75 Å². The number of hydrogen-bond acceptors (Lipinski definition) is 5. The van der Waals surface area contributed by atoms with Gasteiger partial charge in [-0.3, -0.25) is 0 Å². The summed E-state index contributed by atoms with van der Waals surface area (Å²) in [6, 6.07) is -1.72. The summed E-state index contributed by atoms with van der Waals surface area (Å²) in [4.78, 5) is 4.27. The maximum absolute atomic E-state index is 13.0.